The van der Waals surface area contributed by atoms with Gasteiger partial charge in [0.2, 0.25) is 0 Å². The van der Waals surface area contributed by atoms with Crippen LogP contribution in [0.3, 0.4) is 0 Å². The average molecular weight is 411 g/mol. The first-order valence-corrected chi connectivity index (χ1v) is 9.86. The number of hydrogen-bond acceptors (Lipinski definition) is 7. The number of benzene rings is 1. The Bertz CT molecular complexity index is 732. The Kier molecular flexibility index (Phi) is 8.05. The molecule has 7 nitrogen and oxygen atoms in total. The highest BCUT2D eigenvalue weighted by atomic mass is 32.2. The van der Waals surface area contributed by atoms with Crippen LogP contribution in [0.5, 0.6) is 0 Å². The number of rotatable bonds is 6. The first kappa shape index (κ1) is 21.2. The summed E-state index contributed by atoms with van der Waals surface area (Å²) in [5.41, 5.74) is 1.56. The number of nitrogens with zero attached hydrogens (tertiary/aromatic N) is 1. The highest BCUT2D eigenvalue weighted by molar-refractivity contribution is 8.23. The van der Waals surface area contributed by atoms with Gasteiger partial charge in [0.15, 0.2) is 6.61 Å². The summed E-state index contributed by atoms with van der Waals surface area (Å²) < 4.78 is 10.3. The maximum atomic E-state index is 12.0. The molecule has 0 unspecified atom stereocenters. The van der Waals surface area contributed by atoms with E-state index in [0.717, 1.165) is 31.5 Å². The van der Waals surface area contributed by atoms with Gasteiger partial charge in [0.05, 0.1) is 18.4 Å². The summed E-state index contributed by atoms with van der Waals surface area (Å²) in [4.78, 5) is 37.5. The zero-order valence-corrected chi connectivity index (χ0v) is 16.9. The Balaban J connectivity index is 1.77. The Morgan fingerprint density at radius 2 is 1.96 bits per heavy atom. The molecule has 9 heteroatoms. The minimum atomic E-state index is -0.503. The molecule has 1 aliphatic rings. The molecular weight excluding hydrogens is 388 g/mol. The van der Waals surface area contributed by atoms with E-state index in [2.05, 4.69) is 15.0 Å². The maximum Gasteiger partial charge on any atom is 0.337 e. The van der Waals surface area contributed by atoms with Crippen LogP contribution in [0.4, 0.5) is 5.69 Å². The summed E-state index contributed by atoms with van der Waals surface area (Å²) in [6.07, 6.45) is 2.23. The molecule has 0 radical (unpaired) electrons. The van der Waals surface area contributed by atoms with Gasteiger partial charge in [0, 0.05) is 18.8 Å². The highest BCUT2D eigenvalue weighted by Gasteiger charge is 2.17. The Morgan fingerprint density at radius 1 is 1.26 bits per heavy atom. The fourth-order valence-electron chi connectivity index (χ4n) is 2.49. The van der Waals surface area contributed by atoms with Crippen molar-refractivity contribution >= 4 is 51.8 Å². The fourth-order valence-corrected chi connectivity index (χ4v) is 3.54. The maximum absolute atomic E-state index is 12.0. The topological polar surface area (TPSA) is 84.9 Å². The van der Waals surface area contributed by atoms with Crippen LogP contribution in [0, 0.1) is 6.92 Å². The number of esters is 2. The summed E-state index contributed by atoms with van der Waals surface area (Å²) in [5, 5.41) is 2.63. The molecular formula is C18H22N2O5S2. The van der Waals surface area contributed by atoms with Crippen molar-refractivity contribution in [1.29, 1.82) is 0 Å². The molecule has 1 aliphatic heterocycles. The second-order valence-corrected chi connectivity index (χ2v) is 7.59. The molecule has 0 bridgehead atoms. The summed E-state index contributed by atoms with van der Waals surface area (Å²) >= 11 is 6.52. The molecule has 2 rings (SSSR count). The third-order valence-electron chi connectivity index (χ3n) is 3.97. The lowest BCUT2D eigenvalue weighted by Crippen LogP contribution is -2.26. The van der Waals surface area contributed by atoms with Gasteiger partial charge >= 0.3 is 11.9 Å². The van der Waals surface area contributed by atoms with Crippen molar-refractivity contribution in [2.24, 2.45) is 0 Å². The number of aryl methyl sites for hydroxylation is 1. The van der Waals surface area contributed by atoms with E-state index in [1.165, 1.54) is 24.9 Å². The van der Waals surface area contributed by atoms with Crippen molar-refractivity contribution < 1.29 is 23.9 Å². The Labute approximate surface area is 167 Å². The van der Waals surface area contributed by atoms with E-state index in [9.17, 15) is 14.4 Å². The molecule has 1 heterocycles. The van der Waals surface area contributed by atoms with Gasteiger partial charge in [-0.15, -0.1) is 0 Å². The smallest absolute Gasteiger partial charge is 0.337 e. The van der Waals surface area contributed by atoms with Crippen LogP contribution < -0.4 is 5.32 Å². The normalized spacial score (nSPS) is 13.2. The molecule has 0 aromatic heterocycles. The van der Waals surface area contributed by atoms with E-state index in [4.69, 9.17) is 17.0 Å². The van der Waals surface area contributed by atoms with Crippen LogP contribution in [-0.2, 0) is 19.1 Å². The van der Waals surface area contributed by atoms with Gasteiger partial charge in [0.25, 0.3) is 5.91 Å². The summed E-state index contributed by atoms with van der Waals surface area (Å²) in [6, 6.07) is 4.83. The molecule has 1 N–H and O–H groups in total. The Morgan fingerprint density at radius 3 is 2.63 bits per heavy atom. The fraction of sp³-hybridized carbons (Fsp3) is 0.444. The number of carbonyl (C=O) groups excluding carboxylic acids is 3. The van der Waals surface area contributed by atoms with Crippen molar-refractivity contribution in [3.05, 3.63) is 29.3 Å². The lowest BCUT2D eigenvalue weighted by Gasteiger charge is -2.17. The van der Waals surface area contributed by atoms with Gasteiger partial charge in [-0.2, -0.15) is 0 Å². The van der Waals surface area contributed by atoms with Crippen LogP contribution in [0.2, 0.25) is 0 Å². The molecule has 1 fully saturated rings. The van der Waals surface area contributed by atoms with Gasteiger partial charge in [0.1, 0.15) is 4.32 Å². The van der Waals surface area contributed by atoms with Crippen molar-refractivity contribution in [3.63, 3.8) is 0 Å². The molecule has 0 atom stereocenters. The number of amides is 1. The van der Waals surface area contributed by atoms with E-state index < -0.39 is 24.5 Å². The summed E-state index contributed by atoms with van der Waals surface area (Å²) in [6.45, 7) is 3.23. The number of methoxy groups -OCH3 is 1. The number of thiocarbonyl (C=S) groups is 1. The molecule has 1 saturated heterocycles. The standard InChI is InChI=1S/C18H22N2O5S2/c1-12-5-6-13(17(23)24-2)9-14(12)19-15(21)10-25-16(22)11-27-18(26)20-7-3-4-8-20/h5-6,9H,3-4,7-8,10-11H2,1-2H3,(H,19,21). The average Bonchev–Trinajstić information content (AvgIpc) is 3.20. The van der Waals surface area contributed by atoms with Gasteiger partial charge in [-0.25, -0.2) is 4.79 Å². The minimum Gasteiger partial charge on any atom is -0.465 e. The van der Waals surface area contributed by atoms with Crippen molar-refractivity contribution in [2.75, 3.05) is 37.9 Å². The zero-order chi connectivity index (χ0) is 19.8. The van der Waals surface area contributed by atoms with Crippen LogP contribution in [0.25, 0.3) is 0 Å². The lowest BCUT2D eigenvalue weighted by molar-refractivity contribution is -0.144. The second-order valence-electron chi connectivity index (χ2n) is 5.98. The first-order chi connectivity index (χ1) is 12.9. The predicted molar refractivity (Wildman–Crippen MR) is 108 cm³/mol. The summed E-state index contributed by atoms with van der Waals surface area (Å²) in [5.74, 6) is -1.42. The molecule has 0 spiro atoms. The Hall–Kier alpha value is -2.13. The summed E-state index contributed by atoms with van der Waals surface area (Å²) in [7, 11) is 1.29. The molecule has 146 valence electrons. The number of nitrogens with one attached hydrogen (secondary N) is 1. The number of carbonyl (C=O) groups is 3. The van der Waals surface area contributed by atoms with E-state index in [-0.39, 0.29) is 5.75 Å². The molecule has 27 heavy (non-hydrogen) atoms. The third kappa shape index (κ3) is 6.51. The molecule has 1 aromatic rings. The molecule has 0 aliphatic carbocycles. The lowest BCUT2D eigenvalue weighted by atomic mass is 10.1. The van der Waals surface area contributed by atoms with E-state index in [1.54, 1.807) is 19.1 Å². The van der Waals surface area contributed by atoms with Crippen molar-refractivity contribution in [2.45, 2.75) is 19.8 Å². The van der Waals surface area contributed by atoms with Gasteiger partial charge in [-0.3, -0.25) is 9.59 Å². The largest absolute Gasteiger partial charge is 0.465 e. The van der Waals surface area contributed by atoms with E-state index in [1.807, 2.05) is 0 Å². The van der Waals surface area contributed by atoms with Crippen LogP contribution >= 0.6 is 24.0 Å². The quantitative estimate of drug-likeness (QED) is 0.565. The van der Waals surface area contributed by atoms with Crippen molar-refractivity contribution in [1.82, 2.24) is 4.90 Å². The second kappa shape index (κ2) is 10.3. The highest BCUT2D eigenvalue weighted by Crippen LogP contribution is 2.18. The predicted octanol–water partition coefficient (Wildman–Crippen LogP) is 2.38. The number of ether oxygens (including phenoxy) is 2. The molecule has 0 saturated carbocycles. The van der Waals surface area contributed by atoms with Crippen LogP contribution in [0.1, 0.15) is 28.8 Å². The van der Waals surface area contributed by atoms with Crippen molar-refractivity contribution in [3.8, 4) is 0 Å². The van der Waals surface area contributed by atoms with Gasteiger partial charge < -0.3 is 19.7 Å². The molecule has 1 aromatic carbocycles. The SMILES string of the molecule is COC(=O)c1ccc(C)c(NC(=O)COC(=O)CSC(=S)N2CCCC2)c1. The third-order valence-corrected chi connectivity index (χ3v) is 5.47. The monoisotopic (exact) mass is 410 g/mol. The minimum absolute atomic E-state index is 0.0689. The van der Waals surface area contributed by atoms with Gasteiger partial charge in [-0.05, 0) is 37.5 Å². The van der Waals surface area contributed by atoms with E-state index >= 15 is 0 Å². The molecule has 1 amide bonds. The first-order valence-electron chi connectivity index (χ1n) is 8.47. The van der Waals surface area contributed by atoms with Crippen LogP contribution in [0.15, 0.2) is 18.2 Å². The number of hydrogen-bond donors (Lipinski definition) is 1. The van der Waals surface area contributed by atoms with Crippen LogP contribution in [-0.4, -0.2) is 59.6 Å². The zero-order valence-electron chi connectivity index (χ0n) is 15.3. The number of likely N-dealkylation sites (tertiary alicyclic amines) is 1. The van der Waals surface area contributed by atoms with Gasteiger partial charge in [-0.1, -0.05) is 30.0 Å². The number of anilines is 1. The number of thioether (sulfide) groups is 1. The van der Waals surface area contributed by atoms with E-state index in [0.29, 0.717) is 15.6 Å².